The number of rotatable bonds is 8. The van der Waals surface area contributed by atoms with Gasteiger partial charge in [0.25, 0.3) is 5.91 Å². The second-order valence-electron chi connectivity index (χ2n) is 4.90. The summed E-state index contributed by atoms with van der Waals surface area (Å²) in [4.78, 5) is 24.7. The summed E-state index contributed by atoms with van der Waals surface area (Å²) in [5.74, 6) is -0.423. The lowest BCUT2D eigenvalue weighted by molar-refractivity contribution is -0.124. The Morgan fingerprint density at radius 1 is 1.36 bits per heavy atom. The molecule has 6 heteroatoms. The summed E-state index contributed by atoms with van der Waals surface area (Å²) >= 11 is 1.55. The molecule has 22 heavy (non-hydrogen) atoms. The van der Waals surface area contributed by atoms with E-state index in [0.29, 0.717) is 11.3 Å². The van der Waals surface area contributed by atoms with E-state index in [-0.39, 0.29) is 18.6 Å². The molecule has 0 unspecified atom stereocenters. The standard InChI is InChI=1S/C16H23NO4S/c1-5-6-11(2)17-15(18)10-21-16(19)13-8-7-12(22-4)9-14(13)20-3/h7-9,11H,5-6,10H2,1-4H3,(H,17,18)/t11-/m1/s1. The molecule has 0 aliphatic rings. The summed E-state index contributed by atoms with van der Waals surface area (Å²) in [6.07, 6.45) is 3.82. The molecule has 0 saturated heterocycles. The van der Waals surface area contributed by atoms with Crippen molar-refractivity contribution in [2.24, 2.45) is 0 Å². The maximum Gasteiger partial charge on any atom is 0.342 e. The Morgan fingerprint density at radius 3 is 2.68 bits per heavy atom. The van der Waals surface area contributed by atoms with E-state index >= 15 is 0 Å². The van der Waals surface area contributed by atoms with Crippen LogP contribution in [0, 0.1) is 0 Å². The second kappa shape index (κ2) is 9.35. The smallest absolute Gasteiger partial charge is 0.342 e. The van der Waals surface area contributed by atoms with Crippen LogP contribution < -0.4 is 10.1 Å². The molecule has 1 aromatic carbocycles. The van der Waals surface area contributed by atoms with Crippen molar-refractivity contribution in [2.45, 2.75) is 37.6 Å². The second-order valence-corrected chi connectivity index (χ2v) is 5.78. The highest BCUT2D eigenvalue weighted by molar-refractivity contribution is 7.98. The first-order valence-electron chi connectivity index (χ1n) is 7.20. The normalized spacial score (nSPS) is 11.6. The van der Waals surface area contributed by atoms with Gasteiger partial charge in [0.2, 0.25) is 0 Å². The van der Waals surface area contributed by atoms with Crippen molar-refractivity contribution in [3.05, 3.63) is 23.8 Å². The molecule has 1 amide bonds. The van der Waals surface area contributed by atoms with E-state index in [1.54, 1.807) is 23.9 Å². The lowest BCUT2D eigenvalue weighted by Crippen LogP contribution is -2.35. The fourth-order valence-corrected chi connectivity index (χ4v) is 2.43. The molecule has 5 nitrogen and oxygen atoms in total. The van der Waals surface area contributed by atoms with Crippen LogP contribution in [-0.2, 0) is 9.53 Å². The number of methoxy groups -OCH3 is 1. The summed E-state index contributed by atoms with van der Waals surface area (Å²) in [5.41, 5.74) is 0.315. The number of carbonyl (C=O) groups excluding carboxylic acids is 2. The number of esters is 1. The van der Waals surface area contributed by atoms with Gasteiger partial charge >= 0.3 is 5.97 Å². The summed E-state index contributed by atoms with van der Waals surface area (Å²) in [7, 11) is 1.50. The lowest BCUT2D eigenvalue weighted by Gasteiger charge is -2.13. The molecule has 0 bridgehead atoms. The monoisotopic (exact) mass is 325 g/mol. The number of thioether (sulfide) groups is 1. The average molecular weight is 325 g/mol. The number of benzene rings is 1. The minimum absolute atomic E-state index is 0.0756. The minimum Gasteiger partial charge on any atom is -0.496 e. The number of amides is 1. The van der Waals surface area contributed by atoms with Crippen molar-refractivity contribution in [1.29, 1.82) is 0 Å². The third kappa shape index (κ3) is 5.60. The van der Waals surface area contributed by atoms with Crippen molar-refractivity contribution >= 4 is 23.6 Å². The first kappa shape index (κ1) is 18.4. The highest BCUT2D eigenvalue weighted by Gasteiger charge is 2.16. The highest BCUT2D eigenvalue weighted by atomic mass is 32.2. The van der Waals surface area contributed by atoms with Crippen LogP contribution >= 0.6 is 11.8 Å². The van der Waals surface area contributed by atoms with Gasteiger partial charge in [-0.3, -0.25) is 4.79 Å². The first-order valence-corrected chi connectivity index (χ1v) is 8.42. The highest BCUT2D eigenvalue weighted by Crippen LogP contribution is 2.25. The van der Waals surface area contributed by atoms with Crippen LogP contribution in [0.3, 0.4) is 0 Å². The molecule has 0 aliphatic carbocycles. The largest absolute Gasteiger partial charge is 0.496 e. The van der Waals surface area contributed by atoms with Crippen molar-refractivity contribution in [3.8, 4) is 5.75 Å². The molecule has 0 radical (unpaired) electrons. The van der Waals surface area contributed by atoms with Gasteiger partial charge in [0, 0.05) is 10.9 Å². The molecule has 122 valence electrons. The number of hydrogen-bond donors (Lipinski definition) is 1. The molecule has 1 rings (SSSR count). The van der Waals surface area contributed by atoms with E-state index in [1.165, 1.54) is 7.11 Å². The summed E-state index contributed by atoms with van der Waals surface area (Å²) in [5, 5.41) is 2.78. The number of ether oxygens (including phenoxy) is 2. The van der Waals surface area contributed by atoms with E-state index in [2.05, 4.69) is 5.32 Å². The maximum absolute atomic E-state index is 12.1. The van der Waals surface area contributed by atoms with Gasteiger partial charge in [-0.2, -0.15) is 0 Å². The zero-order chi connectivity index (χ0) is 16.5. The van der Waals surface area contributed by atoms with Crippen LogP contribution in [0.15, 0.2) is 23.1 Å². The van der Waals surface area contributed by atoms with Crippen LogP contribution in [0.4, 0.5) is 0 Å². The third-order valence-electron chi connectivity index (χ3n) is 3.09. The topological polar surface area (TPSA) is 64.6 Å². The predicted molar refractivity (Wildman–Crippen MR) is 87.6 cm³/mol. The molecule has 0 saturated carbocycles. The Hall–Kier alpha value is -1.69. The van der Waals surface area contributed by atoms with E-state index < -0.39 is 5.97 Å². The van der Waals surface area contributed by atoms with Crippen molar-refractivity contribution in [3.63, 3.8) is 0 Å². The van der Waals surface area contributed by atoms with Gasteiger partial charge in [0.05, 0.1) is 7.11 Å². The number of hydrogen-bond acceptors (Lipinski definition) is 5. The predicted octanol–water partition coefficient (Wildman–Crippen LogP) is 2.88. The molecule has 1 atom stereocenters. The molecule has 0 heterocycles. The van der Waals surface area contributed by atoms with Crippen LogP contribution in [0.5, 0.6) is 5.75 Å². The van der Waals surface area contributed by atoms with Crippen LogP contribution in [-0.4, -0.2) is 37.9 Å². The summed E-state index contributed by atoms with van der Waals surface area (Å²) in [6, 6.07) is 5.30. The Kier molecular flexibility index (Phi) is 7.80. The Morgan fingerprint density at radius 2 is 2.09 bits per heavy atom. The fraction of sp³-hybridized carbons (Fsp3) is 0.500. The quantitative estimate of drug-likeness (QED) is 0.588. The lowest BCUT2D eigenvalue weighted by atomic mass is 10.2. The molecule has 1 aromatic rings. The average Bonchev–Trinajstić information content (AvgIpc) is 2.52. The number of nitrogens with one attached hydrogen (secondary N) is 1. The number of carbonyl (C=O) groups is 2. The van der Waals surface area contributed by atoms with E-state index in [9.17, 15) is 9.59 Å². The van der Waals surface area contributed by atoms with Gasteiger partial charge in [0.1, 0.15) is 11.3 Å². The fourth-order valence-electron chi connectivity index (χ4n) is 2.00. The van der Waals surface area contributed by atoms with Gasteiger partial charge in [-0.15, -0.1) is 11.8 Å². The van der Waals surface area contributed by atoms with Gasteiger partial charge in [0.15, 0.2) is 6.61 Å². The summed E-state index contributed by atoms with van der Waals surface area (Å²) < 4.78 is 10.2. The van der Waals surface area contributed by atoms with E-state index in [1.807, 2.05) is 26.2 Å². The molecule has 0 spiro atoms. The minimum atomic E-state index is -0.567. The van der Waals surface area contributed by atoms with Gasteiger partial charge in [-0.1, -0.05) is 13.3 Å². The molecule has 1 N–H and O–H groups in total. The van der Waals surface area contributed by atoms with Gasteiger partial charge in [-0.25, -0.2) is 4.79 Å². The maximum atomic E-state index is 12.1. The Bertz CT molecular complexity index is 519. The van der Waals surface area contributed by atoms with Crippen LogP contribution in [0.2, 0.25) is 0 Å². The van der Waals surface area contributed by atoms with Crippen molar-refractivity contribution in [2.75, 3.05) is 20.0 Å². The van der Waals surface area contributed by atoms with Gasteiger partial charge in [-0.05, 0) is 37.8 Å². The molecule has 0 fully saturated rings. The SMILES string of the molecule is CCC[C@@H](C)NC(=O)COC(=O)c1ccc(SC)cc1OC. The van der Waals surface area contributed by atoms with Gasteiger partial charge < -0.3 is 14.8 Å². The molecule has 0 aliphatic heterocycles. The zero-order valence-electron chi connectivity index (χ0n) is 13.5. The molecule has 0 aromatic heterocycles. The third-order valence-corrected chi connectivity index (χ3v) is 3.82. The molecular weight excluding hydrogens is 302 g/mol. The molecular formula is C16H23NO4S. The van der Waals surface area contributed by atoms with Crippen molar-refractivity contribution < 1.29 is 19.1 Å². The first-order chi connectivity index (χ1) is 10.5. The van der Waals surface area contributed by atoms with E-state index in [4.69, 9.17) is 9.47 Å². The Balaban J connectivity index is 2.60. The van der Waals surface area contributed by atoms with Crippen LogP contribution in [0.1, 0.15) is 37.0 Å². The summed E-state index contributed by atoms with van der Waals surface area (Å²) in [6.45, 7) is 3.68. The zero-order valence-corrected chi connectivity index (χ0v) is 14.3. The van der Waals surface area contributed by atoms with Crippen molar-refractivity contribution in [1.82, 2.24) is 5.32 Å². The van der Waals surface area contributed by atoms with Crippen LogP contribution in [0.25, 0.3) is 0 Å². The van der Waals surface area contributed by atoms with E-state index in [0.717, 1.165) is 17.7 Å². The Labute approximate surface area is 135 Å².